The molecule has 0 saturated carbocycles. The van der Waals surface area contributed by atoms with Crippen LogP contribution < -0.4 is 10.7 Å². The predicted octanol–water partition coefficient (Wildman–Crippen LogP) is 3.36. The molecule has 0 radical (unpaired) electrons. The molecule has 0 atom stereocenters. The second kappa shape index (κ2) is 4.97. The Morgan fingerprint density at radius 3 is 2.89 bits per heavy atom. The molecular weight excluding hydrogens is 254 g/mol. The molecule has 2 aliphatic rings. The van der Waals surface area contributed by atoms with Crippen molar-refractivity contribution in [3.63, 3.8) is 0 Å². The van der Waals surface area contributed by atoms with Crippen LogP contribution in [0.3, 0.4) is 0 Å². The van der Waals surface area contributed by atoms with Gasteiger partial charge in [-0.3, -0.25) is 4.99 Å². The third-order valence-electron chi connectivity index (χ3n) is 3.00. The van der Waals surface area contributed by atoms with Crippen LogP contribution in [0.1, 0.15) is 6.92 Å². The molecule has 0 spiro atoms. The Balaban J connectivity index is 2.25. The minimum absolute atomic E-state index is 0.927. The maximum Gasteiger partial charge on any atom is 0.0811 e. The van der Waals surface area contributed by atoms with Crippen LogP contribution in [0.2, 0.25) is 0 Å². The van der Waals surface area contributed by atoms with E-state index in [9.17, 15) is 0 Å². The molecule has 1 aliphatic carbocycles. The second-order valence-electron chi connectivity index (χ2n) is 4.30. The molecule has 0 amide bonds. The molecule has 0 fully saturated rings. The van der Waals surface area contributed by atoms with E-state index in [0.717, 1.165) is 28.8 Å². The third kappa shape index (κ3) is 2.31. The number of nitrogens with one attached hydrogen (secondary N) is 1. The Labute approximate surface area is 116 Å². The van der Waals surface area contributed by atoms with Crippen LogP contribution in [0, 0.1) is 0 Å². The van der Waals surface area contributed by atoms with Crippen LogP contribution in [0.4, 0.5) is 5.69 Å². The summed E-state index contributed by atoms with van der Waals surface area (Å²) in [6, 6.07) is 12.4. The molecule has 1 N–H and O–H groups in total. The van der Waals surface area contributed by atoms with Gasteiger partial charge in [-0.15, -0.1) is 11.3 Å². The largest absolute Gasteiger partial charge is 0.385 e. The summed E-state index contributed by atoms with van der Waals surface area (Å²) in [5.74, 6) is 0. The van der Waals surface area contributed by atoms with E-state index >= 15 is 0 Å². The number of rotatable bonds is 2. The minimum Gasteiger partial charge on any atom is -0.385 e. The quantitative estimate of drug-likeness (QED) is 0.724. The first kappa shape index (κ1) is 12.1. The van der Waals surface area contributed by atoms with Gasteiger partial charge >= 0.3 is 0 Å². The Morgan fingerprint density at radius 1 is 1.21 bits per heavy atom. The molecule has 1 aliphatic heterocycles. The summed E-state index contributed by atoms with van der Waals surface area (Å²) in [5.41, 5.74) is 3.21. The number of aromatic nitrogens is 1. The molecule has 96 valence electrons. The van der Waals surface area contributed by atoms with Crippen molar-refractivity contribution in [2.24, 2.45) is 4.99 Å². The van der Waals surface area contributed by atoms with Crippen LogP contribution in [0.15, 0.2) is 41.4 Å². The maximum atomic E-state index is 4.70. The fraction of sp³-hybridized carbons (Fsp3) is 0.200. The summed E-state index contributed by atoms with van der Waals surface area (Å²) >= 11 is 1.76. The summed E-state index contributed by atoms with van der Waals surface area (Å²) in [4.78, 5) is 10.1. The van der Waals surface area contributed by atoms with Crippen LogP contribution in [0.5, 0.6) is 0 Å². The molecule has 0 aromatic heterocycles. The number of hydrogen-bond acceptors (Lipinski definition) is 4. The number of anilines is 1. The summed E-state index contributed by atoms with van der Waals surface area (Å²) < 4.78 is 1.19. The first-order valence-corrected chi connectivity index (χ1v) is 7.13. The molecular formula is C15H15N3S. The first-order chi connectivity index (χ1) is 9.30. The average Bonchev–Trinajstić information content (AvgIpc) is 2.45. The van der Waals surface area contributed by atoms with E-state index in [1.807, 2.05) is 19.2 Å². The van der Waals surface area contributed by atoms with Gasteiger partial charge in [0.1, 0.15) is 0 Å². The monoisotopic (exact) mass is 269 g/mol. The fourth-order valence-electron chi connectivity index (χ4n) is 2.07. The summed E-state index contributed by atoms with van der Waals surface area (Å²) in [6.45, 7) is 3.03. The van der Waals surface area contributed by atoms with Gasteiger partial charge in [-0.25, -0.2) is 4.98 Å². The highest BCUT2D eigenvalue weighted by Crippen LogP contribution is 2.30. The van der Waals surface area contributed by atoms with Crippen LogP contribution in [-0.2, 0) is 0 Å². The van der Waals surface area contributed by atoms with Gasteiger partial charge in [0.15, 0.2) is 0 Å². The van der Waals surface area contributed by atoms with Gasteiger partial charge < -0.3 is 5.32 Å². The lowest BCUT2D eigenvalue weighted by atomic mass is 10.2. The van der Waals surface area contributed by atoms with E-state index < -0.39 is 0 Å². The second-order valence-corrected chi connectivity index (χ2v) is 5.39. The van der Waals surface area contributed by atoms with Gasteiger partial charge in [0, 0.05) is 19.3 Å². The molecule has 3 nitrogen and oxygen atoms in total. The van der Waals surface area contributed by atoms with Crippen molar-refractivity contribution in [1.82, 2.24) is 4.98 Å². The summed E-state index contributed by atoms with van der Waals surface area (Å²) in [7, 11) is 1.81. The SMILES string of the molecule is CCNc1ccc2nc3ccc(=NC)cc-3sc2c1. The highest BCUT2D eigenvalue weighted by atomic mass is 32.1. The zero-order valence-corrected chi connectivity index (χ0v) is 11.8. The highest BCUT2D eigenvalue weighted by Gasteiger charge is 2.07. The van der Waals surface area contributed by atoms with Gasteiger partial charge in [-0.1, -0.05) is 0 Å². The number of fused-ring (bicyclic) bond motifs is 2. The topological polar surface area (TPSA) is 37.3 Å². The van der Waals surface area contributed by atoms with E-state index in [4.69, 9.17) is 4.98 Å². The maximum absolute atomic E-state index is 4.70. The van der Waals surface area contributed by atoms with Crippen LogP contribution in [-0.4, -0.2) is 18.6 Å². The zero-order valence-electron chi connectivity index (χ0n) is 11.0. The number of nitrogens with zero attached hydrogens (tertiary/aromatic N) is 2. The normalized spacial score (nSPS) is 12.2. The summed E-state index contributed by atoms with van der Waals surface area (Å²) in [6.07, 6.45) is 0. The van der Waals surface area contributed by atoms with Gasteiger partial charge in [-0.2, -0.15) is 0 Å². The van der Waals surface area contributed by atoms with Crippen molar-refractivity contribution in [2.45, 2.75) is 6.92 Å². The fourth-order valence-corrected chi connectivity index (χ4v) is 3.11. The molecule has 3 rings (SSSR count). The molecule has 1 heterocycles. The van der Waals surface area contributed by atoms with E-state index in [0.29, 0.717) is 0 Å². The van der Waals surface area contributed by atoms with E-state index in [1.54, 1.807) is 11.3 Å². The Bertz CT molecular complexity index is 761. The minimum atomic E-state index is 0.927. The van der Waals surface area contributed by atoms with Crippen LogP contribution in [0.25, 0.3) is 20.8 Å². The lowest BCUT2D eigenvalue weighted by molar-refractivity contribution is 1.21. The lowest BCUT2D eigenvalue weighted by Crippen LogP contribution is -2.01. The summed E-state index contributed by atoms with van der Waals surface area (Å²) in [5, 5.41) is 4.32. The van der Waals surface area contributed by atoms with Crippen molar-refractivity contribution in [3.05, 3.63) is 41.8 Å². The highest BCUT2D eigenvalue weighted by molar-refractivity contribution is 7.21. The van der Waals surface area contributed by atoms with E-state index in [-0.39, 0.29) is 0 Å². The Kier molecular flexibility index (Phi) is 3.17. The molecule has 4 heteroatoms. The van der Waals surface area contributed by atoms with Crippen molar-refractivity contribution in [3.8, 4) is 10.6 Å². The molecule has 0 bridgehead atoms. The standard InChI is InChI=1S/C15H15N3S/c1-3-17-11-5-7-13-15(9-11)19-14-8-10(16-2)4-6-12(14)18-13/h4-9,17H,3H2,1-2H3. The molecule has 0 saturated heterocycles. The van der Waals surface area contributed by atoms with Crippen molar-refractivity contribution < 1.29 is 0 Å². The molecule has 1 aromatic rings. The van der Waals surface area contributed by atoms with Gasteiger partial charge in [0.2, 0.25) is 0 Å². The average molecular weight is 269 g/mol. The zero-order chi connectivity index (χ0) is 13.2. The molecule has 1 aromatic carbocycles. The Morgan fingerprint density at radius 2 is 2.11 bits per heavy atom. The van der Waals surface area contributed by atoms with Crippen molar-refractivity contribution in [1.29, 1.82) is 0 Å². The third-order valence-corrected chi connectivity index (χ3v) is 4.10. The smallest absolute Gasteiger partial charge is 0.0811 e. The molecule has 0 unspecified atom stereocenters. The van der Waals surface area contributed by atoms with Gasteiger partial charge in [0.05, 0.1) is 26.1 Å². The molecule has 19 heavy (non-hydrogen) atoms. The van der Waals surface area contributed by atoms with Gasteiger partial charge in [0.25, 0.3) is 0 Å². The lowest BCUT2D eigenvalue weighted by Gasteiger charge is -2.08. The van der Waals surface area contributed by atoms with E-state index in [2.05, 4.69) is 41.5 Å². The first-order valence-electron chi connectivity index (χ1n) is 6.31. The van der Waals surface area contributed by atoms with Crippen molar-refractivity contribution >= 4 is 27.2 Å². The number of benzene rings is 2. The van der Waals surface area contributed by atoms with Crippen molar-refractivity contribution in [2.75, 3.05) is 18.9 Å². The Hall–Kier alpha value is -1.94. The number of hydrogen-bond donors (Lipinski definition) is 1. The van der Waals surface area contributed by atoms with Gasteiger partial charge in [-0.05, 0) is 43.3 Å². The van der Waals surface area contributed by atoms with Crippen LogP contribution >= 0.6 is 11.3 Å². The predicted molar refractivity (Wildman–Crippen MR) is 81.9 cm³/mol. The van der Waals surface area contributed by atoms with E-state index in [1.165, 1.54) is 9.58 Å².